The van der Waals surface area contributed by atoms with E-state index in [9.17, 15) is 9.59 Å². The molecule has 1 aromatic heterocycles. The molecule has 0 saturated heterocycles. The monoisotopic (exact) mass is 318 g/mol. The molecule has 2 aromatic rings. The van der Waals surface area contributed by atoms with Crippen LogP contribution in [0.5, 0.6) is 5.75 Å². The Labute approximate surface area is 133 Å². The third-order valence-electron chi connectivity index (χ3n) is 3.30. The van der Waals surface area contributed by atoms with E-state index in [0.717, 1.165) is 17.0 Å². The number of aliphatic carboxylic acids is 1. The van der Waals surface area contributed by atoms with Crippen LogP contribution in [0, 0.1) is 13.8 Å². The van der Waals surface area contributed by atoms with Gasteiger partial charge in [0, 0.05) is 17.7 Å². The van der Waals surface area contributed by atoms with E-state index in [1.807, 2.05) is 13.8 Å². The van der Waals surface area contributed by atoms with Gasteiger partial charge < -0.3 is 19.7 Å². The van der Waals surface area contributed by atoms with E-state index in [1.165, 1.54) is 6.07 Å². The van der Waals surface area contributed by atoms with Gasteiger partial charge in [-0.3, -0.25) is 4.79 Å². The SMILES string of the molecule is Cc1noc(C)c1CCNC(=O)c1cccc(OCC(=O)O)c1. The van der Waals surface area contributed by atoms with Gasteiger partial charge in [0.1, 0.15) is 11.5 Å². The van der Waals surface area contributed by atoms with E-state index in [0.29, 0.717) is 24.3 Å². The van der Waals surface area contributed by atoms with Crippen LogP contribution in [0.1, 0.15) is 27.4 Å². The van der Waals surface area contributed by atoms with Crippen LogP contribution < -0.4 is 10.1 Å². The van der Waals surface area contributed by atoms with Crippen LogP contribution in [0.4, 0.5) is 0 Å². The van der Waals surface area contributed by atoms with Crippen LogP contribution >= 0.6 is 0 Å². The number of carboxylic acid groups (broad SMARTS) is 1. The molecule has 0 aliphatic carbocycles. The van der Waals surface area contributed by atoms with Crippen LogP contribution in [0.25, 0.3) is 0 Å². The van der Waals surface area contributed by atoms with Gasteiger partial charge in [-0.2, -0.15) is 0 Å². The summed E-state index contributed by atoms with van der Waals surface area (Å²) >= 11 is 0. The molecule has 0 aliphatic rings. The molecular formula is C16H18N2O5. The maximum Gasteiger partial charge on any atom is 0.341 e. The Morgan fingerprint density at radius 1 is 1.35 bits per heavy atom. The highest BCUT2D eigenvalue weighted by Crippen LogP contribution is 2.14. The van der Waals surface area contributed by atoms with Crippen molar-refractivity contribution in [2.24, 2.45) is 0 Å². The number of aromatic nitrogens is 1. The third kappa shape index (κ3) is 4.57. The van der Waals surface area contributed by atoms with Crippen molar-refractivity contribution < 1.29 is 24.0 Å². The molecule has 0 radical (unpaired) electrons. The lowest BCUT2D eigenvalue weighted by Crippen LogP contribution is -2.26. The van der Waals surface area contributed by atoms with E-state index in [2.05, 4.69) is 10.5 Å². The first-order valence-corrected chi connectivity index (χ1v) is 7.12. The zero-order valence-electron chi connectivity index (χ0n) is 13.0. The lowest BCUT2D eigenvalue weighted by atomic mass is 10.1. The second kappa shape index (κ2) is 7.44. The molecule has 0 unspecified atom stereocenters. The summed E-state index contributed by atoms with van der Waals surface area (Å²) in [5, 5.41) is 15.3. The lowest BCUT2D eigenvalue weighted by molar-refractivity contribution is -0.139. The standard InChI is InChI=1S/C16H18N2O5/c1-10-14(11(2)23-18-10)6-7-17-16(21)12-4-3-5-13(8-12)22-9-15(19)20/h3-5,8H,6-7,9H2,1-2H3,(H,17,21)(H,19,20). The molecule has 0 spiro atoms. The van der Waals surface area contributed by atoms with Crippen molar-refractivity contribution in [2.75, 3.05) is 13.2 Å². The number of hydrogen-bond acceptors (Lipinski definition) is 5. The number of carbonyl (C=O) groups excluding carboxylic acids is 1. The fourth-order valence-corrected chi connectivity index (χ4v) is 2.13. The number of hydrogen-bond donors (Lipinski definition) is 2. The summed E-state index contributed by atoms with van der Waals surface area (Å²) in [5.41, 5.74) is 2.22. The number of rotatable bonds is 7. The van der Waals surface area contributed by atoms with Crippen LogP contribution in [0.2, 0.25) is 0 Å². The minimum Gasteiger partial charge on any atom is -0.482 e. The van der Waals surface area contributed by atoms with Gasteiger partial charge in [-0.05, 0) is 38.5 Å². The van der Waals surface area contributed by atoms with Gasteiger partial charge in [0.05, 0.1) is 5.69 Å². The van der Waals surface area contributed by atoms with Gasteiger partial charge in [0.25, 0.3) is 5.91 Å². The summed E-state index contributed by atoms with van der Waals surface area (Å²) in [4.78, 5) is 22.6. The molecule has 0 aliphatic heterocycles. The highest BCUT2D eigenvalue weighted by molar-refractivity contribution is 5.94. The molecule has 7 nitrogen and oxygen atoms in total. The Balaban J connectivity index is 1.90. The maximum absolute atomic E-state index is 12.1. The van der Waals surface area contributed by atoms with E-state index in [4.69, 9.17) is 14.4 Å². The Bertz CT molecular complexity index is 689. The molecular weight excluding hydrogens is 300 g/mol. The van der Waals surface area contributed by atoms with Crippen molar-refractivity contribution in [3.05, 3.63) is 46.8 Å². The summed E-state index contributed by atoms with van der Waals surface area (Å²) in [6, 6.07) is 6.39. The average molecular weight is 318 g/mol. The predicted molar refractivity (Wildman–Crippen MR) is 81.6 cm³/mol. The second-order valence-electron chi connectivity index (χ2n) is 5.02. The summed E-state index contributed by atoms with van der Waals surface area (Å²) in [7, 11) is 0. The summed E-state index contributed by atoms with van der Waals surface area (Å²) in [5.74, 6) is -0.233. The molecule has 1 heterocycles. The highest BCUT2D eigenvalue weighted by Gasteiger charge is 2.11. The van der Waals surface area contributed by atoms with Gasteiger partial charge >= 0.3 is 5.97 Å². The number of carboxylic acids is 1. The quantitative estimate of drug-likeness (QED) is 0.806. The molecule has 0 bridgehead atoms. The van der Waals surface area contributed by atoms with Crippen LogP contribution in [-0.2, 0) is 11.2 Å². The number of aryl methyl sites for hydroxylation is 2. The van der Waals surface area contributed by atoms with Gasteiger partial charge in [-0.25, -0.2) is 4.79 Å². The van der Waals surface area contributed by atoms with E-state index < -0.39 is 12.6 Å². The summed E-state index contributed by atoms with van der Waals surface area (Å²) in [6.45, 7) is 3.69. The molecule has 2 rings (SSSR count). The molecule has 0 saturated carbocycles. The Hall–Kier alpha value is -2.83. The van der Waals surface area contributed by atoms with Crippen molar-refractivity contribution in [3.63, 3.8) is 0 Å². The van der Waals surface area contributed by atoms with E-state index in [1.54, 1.807) is 18.2 Å². The van der Waals surface area contributed by atoms with Crippen molar-refractivity contribution in [3.8, 4) is 5.75 Å². The van der Waals surface area contributed by atoms with Crippen LogP contribution in [0.3, 0.4) is 0 Å². The van der Waals surface area contributed by atoms with E-state index >= 15 is 0 Å². The first-order valence-electron chi connectivity index (χ1n) is 7.12. The summed E-state index contributed by atoms with van der Waals surface area (Å²) < 4.78 is 10.1. The Kier molecular flexibility index (Phi) is 5.35. The second-order valence-corrected chi connectivity index (χ2v) is 5.02. The predicted octanol–water partition coefficient (Wildman–Crippen LogP) is 1.73. The number of carbonyl (C=O) groups is 2. The zero-order valence-corrected chi connectivity index (χ0v) is 13.0. The highest BCUT2D eigenvalue weighted by atomic mass is 16.5. The van der Waals surface area contributed by atoms with Crippen molar-refractivity contribution in [1.29, 1.82) is 0 Å². The fourth-order valence-electron chi connectivity index (χ4n) is 2.13. The third-order valence-corrected chi connectivity index (χ3v) is 3.30. The van der Waals surface area contributed by atoms with Crippen molar-refractivity contribution in [2.45, 2.75) is 20.3 Å². The number of amides is 1. The molecule has 1 amide bonds. The molecule has 1 aromatic carbocycles. The number of benzene rings is 1. The van der Waals surface area contributed by atoms with E-state index in [-0.39, 0.29) is 5.91 Å². The minimum atomic E-state index is -1.07. The molecule has 23 heavy (non-hydrogen) atoms. The zero-order chi connectivity index (χ0) is 16.8. The number of ether oxygens (including phenoxy) is 1. The van der Waals surface area contributed by atoms with Crippen molar-refractivity contribution in [1.82, 2.24) is 10.5 Å². The van der Waals surface area contributed by atoms with Crippen molar-refractivity contribution >= 4 is 11.9 Å². The Morgan fingerprint density at radius 3 is 2.78 bits per heavy atom. The molecule has 122 valence electrons. The average Bonchev–Trinajstić information content (AvgIpc) is 2.85. The first-order chi connectivity index (χ1) is 11.0. The largest absolute Gasteiger partial charge is 0.482 e. The van der Waals surface area contributed by atoms with Gasteiger partial charge in [0.2, 0.25) is 0 Å². The maximum atomic E-state index is 12.1. The first kappa shape index (κ1) is 16.5. The summed E-state index contributed by atoms with van der Waals surface area (Å²) in [6.07, 6.45) is 0.627. The normalized spacial score (nSPS) is 10.3. The van der Waals surface area contributed by atoms with Gasteiger partial charge in [-0.15, -0.1) is 0 Å². The topological polar surface area (TPSA) is 102 Å². The van der Waals surface area contributed by atoms with Crippen LogP contribution in [-0.4, -0.2) is 35.3 Å². The molecule has 0 fully saturated rings. The molecule has 0 atom stereocenters. The van der Waals surface area contributed by atoms with Gasteiger partial charge in [0.15, 0.2) is 6.61 Å². The molecule has 7 heteroatoms. The number of nitrogens with one attached hydrogen (secondary N) is 1. The van der Waals surface area contributed by atoms with Gasteiger partial charge in [-0.1, -0.05) is 11.2 Å². The fraction of sp³-hybridized carbons (Fsp3) is 0.312. The minimum absolute atomic E-state index is 0.252. The number of nitrogens with zero attached hydrogens (tertiary/aromatic N) is 1. The smallest absolute Gasteiger partial charge is 0.341 e. The Morgan fingerprint density at radius 2 is 2.13 bits per heavy atom. The van der Waals surface area contributed by atoms with Crippen LogP contribution in [0.15, 0.2) is 28.8 Å². The lowest BCUT2D eigenvalue weighted by Gasteiger charge is -2.07. The molecule has 2 N–H and O–H groups in total.